The molecule has 2 aliphatic rings. The minimum absolute atomic E-state index is 0.0234. The number of carbonyl (C=O) groups excluding carboxylic acids is 1. The standard InChI is InChI=1S/C23H33N7O3S/c1-14(2)34(32,33)30-10-9-15-7-8-17(11-16(15)13-30)27-22-18(21(25)31)12-26-23(29-22)28-20-6-4-3-5-19(20)24/h7-8,11-12,14,19-20H,3-6,9-10,13,24H2,1-2H3,(H2,25,31)(H2,26,27,28,29)/t19-,20+/m0/s1. The lowest BCUT2D eigenvalue weighted by atomic mass is 9.91. The van der Waals surface area contributed by atoms with E-state index in [1.54, 1.807) is 13.8 Å². The summed E-state index contributed by atoms with van der Waals surface area (Å²) in [6, 6.07) is 5.85. The van der Waals surface area contributed by atoms with E-state index in [1.807, 2.05) is 18.2 Å². The van der Waals surface area contributed by atoms with E-state index >= 15 is 0 Å². The highest BCUT2D eigenvalue weighted by atomic mass is 32.2. The average molecular weight is 488 g/mol. The molecule has 0 spiro atoms. The molecule has 1 aromatic heterocycles. The van der Waals surface area contributed by atoms with Crippen LogP contribution in [0.15, 0.2) is 24.4 Å². The quantitative estimate of drug-likeness (QED) is 0.462. The number of hydrogen-bond acceptors (Lipinski definition) is 8. The topological polar surface area (TPSA) is 156 Å². The first kappa shape index (κ1) is 24.4. The van der Waals surface area contributed by atoms with E-state index in [1.165, 1.54) is 10.5 Å². The van der Waals surface area contributed by atoms with Crippen molar-refractivity contribution in [1.29, 1.82) is 0 Å². The molecule has 1 amide bonds. The Balaban J connectivity index is 1.58. The summed E-state index contributed by atoms with van der Waals surface area (Å²) < 4.78 is 26.8. The molecule has 2 heterocycles. The number of benzene rings is 1. The molecule has 2 atom stereocenters. The fourth-order valence-electron chi connectivity index (χ4n) is 4.49. The van der Waals surface area contributed by atoms with Gasteiger partial charge in [0, 0.05) is 37.1 Å². The second kappa shape index (κ2) is 9.85. The van der Waals surface area contributed by atoms with Gasteiger partial charge in [-0.05, 0) is 56.4 Å². The monoisotopic (exact) mass is 487 g/mol. The molecule has 6 N–H and O–H groups in total. The largest absolute Gasteiger partial charge is 0.365 e. The highest BCUT2D eigenvalue weighted by molar-refractivity contribution is 7.89. The molecule has 1 saturated carbocycles. The Morgan fingerprint density at radius 3 is 2.68 bits per heavy atom. The predicted octanol–water partition coefficient (Wildman–Crippen LogP) is 2.10. The van der Waals surface area contributed by atoms with Crippen LogP contribution in [-0.2, 0) is 23.0 Å². The Morgan fingerprint density at radius 2 is 1.97 bits per heavy atom. The molecule has 0 saturated heterocycles. The summed E-state index contributed by atoms with van der Waals surface area (Å²) >= 11 is 0. The lowest BCUT2D eigenvalue weighted by molar-refractivity contribution is 0.100. The van der Waals surface area contributed by atoms with Crippen molar-refractivity contribution in [1.82, 2.24) is 14.3 Å². The summed E-state index contributed by atoms with van der Waals surface area (Å²) in [4.78, 5) is 20.8. The summed E-state index contributed by atoms with van der Waals surface area (Å²) in [6.45, 7) is 4.16. The van der Waals surface area contributed by atoms with E-state index in [0.717, 1.165) is 36.8 Å². The van der Waals surface area contributed by atoms with Crippen molar-refractivity contribution in [3.05, 3.63) is 41.1 Å². The maximum atomic E-state index is 12.6. The third-order valence-corrected chi connectivity index (χ3v) is 8.81. The van der Waals surface area contributed by atoms with Gasteiger partial charge in [-0.25, -0.2) is 13.4 Å². The first-order valence-corrected chi connectivity index (χ1v) is 13.2. The molecule has 1 aliphatic heterocycles. The van der Waals surface area contributed by atoms with Crippen molar-refractivity contribution < 1.29 is 13.2 Å². The SMILES string of the molecule is CC(C)S(=O)(=O)N1CCc2ccc(Nc3nc(N[C@@H]4CCCC[C@@H]4N)ncc3C(N)=O)cc2C1. The van der Waals surface area contributed by atoms with Crippen molar-refractivity contribution in [2.24, 2.45) is 11.5 Å². The molecular formula is C23H33N7O3S. The van der Waals surface area contributed by atoms with Crippen molar-refractivity contribution in [2.45, 2.75) is 69.8 Å². The van der Waals surface area contributed by atoms with Gasteiger partial charge in [-0.2, -0.15) is 9.29 Å². The number of sulfonamides is 1. The first-order valence-electron chi connectivity index (χ1n) is 11.7. The van der Waals surface area contributed by atoms with E-state index in [2.05, 4.69) is 20.6 Å². The summed E-state index contributed by atoms with van der Waals surface area (Å²) in [6.07, 6.45) is 6.14. The molecule has 1 fully saturated rings. The van der Waals surface area contributed by atoms with Gasteiger partial charge in [0.2, 0.25) is 16.0 Å². The Morgan fingerprint density at radius 1 is 1.21 bits per heavy atom. The van der Waals surface area contributed by atoms with Crippen LogP contribution < -0.4 is 22.1 Å². The summed E-state index contributed by atoms with van der Waals surface area (Å²) in [5, 5.41) is 6.00. The number of rotatable bonds is 7. The lowest BCUT2D eigenvalue weighted by Gasteiger charge is -2.30. The molecule has 0 unspecified atom stereocenters. The van der Waals surface area contributed by atoms with E-state index in [-0.39, 0.29) is 23.5 Å². The number of nitrogens with two attached hydrogens (primary N) is 2. The molecule has 34 heavy (non-hydrogen) atoms. The molecule has 1 aromatic carbocycles. The number of amides is 1. The number of anilines is 3. The maximum absolute atomic E-state index is 12.6. The Bertz CT molecular complexity index is 1170. The normalized spacial score (nSPS) is 21.2. The molecular weight excluding hydrogens is 454 g/mol. The molecule has 11 heteroatoms. The van der Waals surface area contributed by atoms with Gasteiger partial charge in [-0.1, -0.05) is 18.9 Å². The zero-order valence-corrected chi connectivity index (χ0v) is 20.4. The predicted molar refractivity (Wildman–Crippen MR) is 132 cm³/mol. The smallest absolute Gasteiger partial charge is 0.254 e. The van der Waals surface area contributed by atoms with Gasteiger partial charge in [-0.3, -0.25) is 4.79 Å². The van der Waals surface area contributed by atoms with E-state index < -0.39 is 21.2 Å². The lowest BCUT2D eigenvalue weighted by Crippen LogP contribution is -2.43. The van der Waals surface area contributed by atoms with E-state index in [4.69, 9.17) is 11.5 Å². The van der Waals surface area contributed by atoms with Crippen LogP contribution in [0.25, 0.3) is 0 Å². The molecule has 2 aromatic rings. The van der Waals surface area contributed by atoms with Crippen LogP contribution in [-0.4, -0.2) is 52.5 Å². The third kappa shape index (κ3) is 5.16. The first-order chi connectivity index (χ1) is 16.1. The summed E-state index contributed by atoms with van der Waals surface area (Å²) in [5.41, 5.74) is 14.7. The van der Waals surface area contributed by atoms with Crippen molar-refractivity contribution in [3.8, 4) is 0 Å². The highest BCUT2D eigenvalue weighted by Crippen LogP contribution is 2.28. The second-order valence-electron chi connectivity index (χ2n) is 9.31. The molecule has 1 aliphatic carbocycles. The summed E-state index contributed by atoms with van der Waals surface area (Å²) in [7, 11) is -3.34. The number of nitrogens with zero attached hydrogens (tertiary/aromatic N) is 3. The van der Waals surface area contributed by atoms with Crippen LogP contribution in [0.2, 0.25) is 0 Å². The molecule has 184 valence electrons. The van der Waals surface area contributed by atoms with Gasteiger partial charge in [0.1, 0.15) is 11.4 Å². The Hall–Kier alpha value is -2.76. The van der Waals surface area contributed by atoms with Crippen molar-refractivity contribution in [2.75, 3.05) is 17.2 Å². The number of carbonyl (C=O) groups is 1. The van der Waals surface area contributed by atoms with Crippen LogP contribution in [0.3, 0.4) is 0 Å². The third-order valence-electron chi connectivity index (χ3n) is 6.59. The second-order valence-corrected chi connectivity index (χ2v) is 11.8. The number of primary amides is 1. The average Bonchev–Trinajstić information content (AvgIpc) is 2.80. The maximum Gasteiger partial charge on any atom is 0.254 e. The zero-order valence-electron chi connectivity index (χ0n) is 19.6. The minimum Gasteiger partial charge on any atom is -0.365 e. The van der Waals surface area contributed by atoms with Crippen LogP contribution in [0.5, 0.6) is 0 Å². The molecule has 10 nitrogen and oxygen atoms in total. The van der Waals surface area contributed by atoms with Crippen molar-refractivity contribution in [3.63, 3.8) is 0 Å². The molecule has 4 rings (SSSR count). The van der Waals surface area contributed by atoms with Crippen LogP contribution >= 0.6 is 0 Å². The zero-order chi connectivity index (χ0) is 24.5. The van der Waals surface area contributed by atoms with Gasteiger partial charge in [0.05, 0.1) is 5.25 Å². The molecule has 0 bridgehead atoms. The Labute approximate surface area is 200 Å². The number of hydrogen-bond donors (Lipinski definition) is 4. The minimum atomic E-state index is -3.34. The van der Waals surface area contributed by atoms with Gasteiger partial charge >= 0.3 is 0 Å². The van der Waals surface area contributed by atoms with Gasteiger partial charge < -0.3 is 22.1 Å². The number of nitrogens with one attached hydrogen (secondary N) is 2. The van der Waals surface area contributed by atoms with E-state index in [9.17, 15) is 13.2 Å². The Kier molecular flexibility index (Phi) is 7.06. The van der Waals surface area contributed by atoms with Gasteiger partial charge in [-0.15, -0.1) is 0 Å². The van der Waals surface area contributed by atoms with Crippen molar-refractivity contribution >= 4 is 33.4 Å². The van der Waals surface area contributed by atoms with Crippen LogP contribution in [0.1, 0.15) is 61.0 Å². The van der Waals surface area contributed by atoms with E-state index in [0.29, 0.717) is 31.1 Å². The number of fused-ring (bicyclic) bond motifs is 1. The molecule has 0 radical (unpaired) electrons. The fraction of sp³-hybridized carbons (Fsp3) is 0.522. The van der Waals surface area contributed by atoms with Gasteiger partial charge in [0.15, 0.2) is 0 Å². The summed E-state index contributed by atoms with van der Waals surface area (Å²) in [5.74, 6) is 0.0226. The van der Waals surface area contributed by atoms with Gasteiger partial charge in [0.25, 0.3) is 5.91 Å². The highest BCUT2D eigenvalue weighted by Gasteiger charge is 2.29. The van der Waals surface area contributed by atoms with Crippen LogP contribution in [0.4, 0.5) is 17.5 Å². The van der Waals surface area contributed by atoms with Crippen LogP contribution in [0, 0.1) is 0 Å². The fourth-order valence-corrected chi connectivity index (χ4v) is 5.75. The number of aromatic nitrogens is 2.